The van der Waals surface area contributed by atoms with Crippen LogP contribution >= 0.6 is 0 Å². The molecule has 38 heavy (non-hydrogen) atoms. The van der Waals surface area contributed by atoms with E-state index in [1.165, 1.54) is 11.1 Å². The third kappa shape index (κ3) is 6.25. The van der Waals surface area contributed by atoms with Crippen molar-refractivity contribution in [3.63, 3.8) is 0 Å². The zero-order chi connectivity index (χ0) is 27.5. The van der Waals surface area contributed by atoms with Gasteiger partial charge in [-0.15, -0.1) is 0 Å². The van der Waals surface area contributed by atoms with Crippen LogP contribution in [0, 0.1) is 12.3 Å². The summed E-state index contributed by atoms with van der Waals surface area (Å²) in [4.78, 5) is 39.1. The molecule has 0 saturated carbocycles. The number of piperidine rings is 2. The van der Waals surface area contributed by atoms with Crippen molar-refractivity contribution in [3.8, 4) is 0 Å². The minimum atomic E-state index is -0.264. The van der Waals surface area contributed by atoms with E-state index in [-0.39, 0.29) is 22.6 Å². The van der Waals surface area contributed by atoms with Gasteiger partial charge in [-0.1, -0.05) is 52.0 Å². The van der Waals surface area contributed by atoms with E-state index in [1.54, 1.807) is 13.4 Å². The van der Waals surface area contributed by atoms with Crippen LogP contribution < -0.4 is 5.32 Å². The summed E-state index contributed by atoms with van der Waals surface area (Å²) >= 11 is 0. The van der Waals surface area contributed by atoms with Crippen LogP contribution in [-0.2, 0) is 23.1 Å². The predicted molar refractivity (Wildman–Crippen MR) is 151 cm³/mol. The van der Waals surface area contributed by atoms with Crippen molar-refractivity contribution in [2.75, 3.05) is 33.2 Å². The molecule has 0 aliphatic carbocycles. The van der Waals surface area contributed by atoms with Crippen molar-refractivity contribution in [2.24, 2.45) is 5.41 Å². The molecule has 2 saturated heterocycles. The number of hydrogen-bond donors (Lipinski definition) is 1. The third-order valence-corrected chi connectivity index (χ3v) is 8.81. The maximum atomic E-state index is 13.4. The topological polar surface area (TPSA) is 78.4 Å². The largest absolute Gasteiger partial charge is 0.359 e. The molecule has 7 nitrogen and oxygen atoms in total. The molecule has 4 rings (SSSR count). The highest BCUT2D eigenvalue weighted by atomic mass is 16.2. The van der Waals surface area contributed by atoms with Gasteiger partial charge in [0.25, 0.3) is 5.91 Å². The third-order valence-electron chi connectivity index (χ3n) is 8.81. The lowest BCUT2D eigenvalue weighted by Gasteiger charge is -2.44. The van der Waals surface area contributed by atoms with Crippen molar-refractivity contribution in [3.05, 3.63) is 58.7 Å². The van der Waals surface area contributed by atoms with E-state index in [2.05, 4.69) is 72.1 Å². The molecule has 2 aliphatic rings. The summed E-state index contributed by atoms with van der Waals surface area (Å²) in [5.41, 5.74) is 4.88. The molecule has 3 heterocycles. The molecule has 1 aromatic carbocycles. The SMILES string of the molecule is CNC(=O)C1(C)CCN(C2CCN(C(=O)c3ncnc(CCc4ccc(C(C)(C)C)cc4)c3C)CC2)CC1. The molecule has 1 N–H and O–H groups in total. The van der Waals surface area contributed by atoms with Gasteiger partial charge in [-0.2, -0.15) is 0 Å². The van der Waals surface area contributed by atoms with Gasteiger partial charge in [0.05, 0.1) is 0 Å². The molecule has 2 amide bonds. The highest BCUT2D eigenvalue weighted by Crippen LogP contribution is 2.33. The molecular weight excluding hydrogens is 474 g/mol. The smallest absolute Gasteiger partial charge is 0.272 e. The zero-order valence-corrected chi connectivity index (χ0v) is 24.1. The fourth-order valence-electron chi connectivity index (χ4n) is 5.88. The van der Waals surface area contributed by atoms with E-state index in [0.29, 0.717) is 11.7 Å². The van der Waals surface area contributed by atoms with Gasteiger partial charge in [-0.25, -0.2) is 9.97 Å². The minimum absolute atomic E-state index is 0.0185. The van der Waals surface area contributed by atoms with Crippen LogP contribution in [0.1, 0.15) is 86.3 Å². The summed E-state index contributed by atoms with van der Waals surface area (Å²) in [5, 5.41) is 2.82. The quantitative estimate of drug-likeness (QED) is 0.615. The lowest BCUT2D eigenvalue weighted by molar-refractivity contribution is -0.132. The van der Waals surface area contributed by atoms with Crippen molar-refractivity contribution in [1.29, 1.82) is 0 Å². The molecule has 0 spiro atoms. The Morgan fingerprint density at radius 1 is 1.00 bits per heavy atom. The average molecular weight is 520 g/mol. The van der Waals surface area contributed by atoms with Crippen molar-refractivity contribution >= 4 is 11.8 Å². The van der Waals surface area contributed by atoms with E-state index < -0.39 is 0 Å². The van der Waals surface area contributed by atoms with E-state index in [9.17, 15) is 9.59 Å². The van der Waals surface area contributed by atoms with Crippen LogP contribution in [0.15, 0.2) is 30.6 Å². The van der Waals surface area contributed by atoms with Crippen LogP contribution in [0.2, 0.25) is 0 Å². The summed E-state index contributed by atoms with van der Waals surface area (Å²) < 4.78 is 0. The average Bonchev–Trinajstić information content (AvgIpc) is 2.92. The molecule has 2 fully saturated rings. The fraction of sp³-hybridized carbons (Fsp3) is 0.613. The number of amides is 2. The Balaban J connectivity index is 1.32. The van der Waals surface area contributed by atoms with Crippen molar-refractivity contribution in [1.82, 2.24) is 25.1 Å². The molecular formula is C31H45N5O2. The van der Waals surface area contributed by atoms with Crippen LogP contribution in [0.5, 0.6) is 0 Å². The van der Waals surface area contributed by atoms with Gasteiger partial charge in [-0.3, -0.25) is 9.59 Å². The number of nitrogens with one attached hydrogen (secondary N) is 1. The highest BCUT2D eigenvalue weighted by molar-refractivity contribution is 5.93. The highest BCUT2D eigenvalue weighted by Gasteiger charge is 2.39. The first-order chi connectivity index (χ1) is 18.0. The Bertz CT molecular complexity index is 1120. The summed E-state index contributed by atoms with van der Waals surface area (Å²) in [6, 6.07) is 9.31. The molecule has 206 valence electrons. The fourth-order valence-corrected chi connectivity index (χ4v) is 5.88. The van der Waals surface area contributed by atoms with Gasteiger partial charge in [0.1, 0.15) is 12.0 Å². The number of aromatic nitrogens is 2. The van der Waals surface area contributed by atoms with Gasteiger partial charge in [-0.05, 0) is 75.1 Å². The van der Waals surface area contributed by atoms with E-state index in [1.807, 2.05) is 11.8 Å². The molecule has 2 aliphatic heterocycles. The predicted octanol–water partition coefficient (Wildman–Crippen LogP) is 4.32. The second-order valence-corrected chi connectivity index (χ2v) is 12.4. The van der Waals surface area contributed by atoms with Gasteiger partial charge in [0, 0.05) is 42.9 Å². The zero-order valence-electron chi connectivity index (χ0n) is 24.1. The number of nitrogens with zero attached hydrogens (tertiary/aromatic N) is 4. The van der Waals surface area contributed by atoms with Gasteiger partial charge in [0.2, 0.25) is 5.91 Å². The number of likely N-dealkylation sites (tertiary alicyclic amines) is 2. The Hall–Kier alpha value is -2.80. The van der Waals surface area contributed by atoms with E-state index in [4.69, 9.17) is 0 Å². The van der Waals surface area contributed by atoms with Crippen molar-refractivity contribution < 1.29 is 9.59 Å². The Labute approximate surface area is 228 Å². The molecule has 0 bridgehead atoms. The monoisotopic (exact) mass is 519 g/mol. The van der Waals surface area contributed by atoms with Crippen LogP contribution in [-0.4, -0.2) is 70.9 Å². The number of aryl methyl sites for hydroxylation is 2. The summed E-state index contributed by atoms with van der Waals surface area (Å²) in [7, 11) is 1.72. The maximum absolute atomic E-state index is 13.4. The van der Waals surface area contributed by atoms with Crippen molar-refractivity contribution in [2.45, 2.75) is 84.6 Å². The first-order valence-corrected chi connectivity index (χ1v) is 14.2. The molecule has 0 unspecified atom stereocenters. The molecule has 0 atom stereocenters. The lowest BCUT2D eigenvalue weighted by Crippen LogP contribution is -2.52. The van der Waals surface area contributed by atoms with Gasteiger partial charge >= 0.3 is 0 Å². The summed E-state index contributed by atoms with van der Waals surface area (Å²) in [6.45, 7) is 14.1. The second-order valence-electron chi connectivity index (χ2n) is 12.4. The van der Waals surface area contributed by atoms with Gasteiger partial charge in [0.15, 0.2) is 0 Å². The van der Waals surface area contributed by atoms with E-state index >= 15 is 0 Å². The second kappa shape index (κ2) is 11.5. The Kier molecular flexibility index (Phi) is 8.55. The molecule has 1 aromatic heterocycles. The standard InChI is InChI=1S/C31H45N5O2/c1-22-26(12-9-23-7-10-24(11-8-23)30(2,3)4)33-21-34-27(22)28(37)36-17-13-25(14-18-36)35-19-15-31(5,16-20-35)29(38)32-6/h7-8,10-11,21,25H,9,12-20H2,1-6H3,(H,32,38). The molecule has 7 heteroatoms. The van der Waals surface area contributed by atoms with Gasteiger partial charge < -0.3 is 15.1 Å². The summed E-state index contributed by atoms with van der Waals surface area (Å²) in [5.74, 6) is 0.167. The number of rotatable bonds is 6. The number of carbonyl (C=O) groups is 2. The van der Waals surface area contributed by atoms with Crippen LogP contribution in [0.4, 0.5) is 0 Å². The maximum Gasteiger partial charge on any atom is 0.272 e. The number of benzene rings is 1. The Morgan fingerprint density at radius 3 is 2.21 bits per heavy atom. The molecule has 2 aromatic rings. The molecule has 0 radical (unpaired) electrons. The lowest BCUT2D eigenvalue weighted by atomic mass is 9.79. The normalized spacial score (nSPS) is 18.8. The number of carbonyl (C=O) groups excluding carboxylic acids is 2. The Morgan fingerprint density at radius 2 is 1.63 bits per heavy atom. The summed E-state index contributed by atoms with van der Waals surface area (Å²) in [6.07, 6.45) is 6.91. The number of hydrogen-bond acceptors (Lipinski definition) is 5. The first kappa shape index (κ1) is 28.2. The first-order valence-electron chi connectivity index (χ1n) is 14.2. The van der Waals surface area contributed by atoms with E-state index in [0.717, 1.165) is 76.0 Å². The minimum Gasteiger partial charge on any atom is -0.359 e. The van der Waals surface area contributed by atoms with Crippen LogP contribution in [0.3, 0.4) is 0 Å². The van der Waals surface area contributed by atoms with Crippen LogP contribution in [0.25, 0.3) is 0 Å².